The Morgan fingerprint density at radius 1 is 1.23 bits per heavy atom. The van der Waals surface area contributed by atoms with Crippen molar-refractivity contribution in [2.45, 2.75) is 10.6 Å². The predicted molar refractivity (Wildman–Crippen MR) is 109 cm³/mol. The van der Waals surface area contributed by atoms with E-state index < -0.39 is 34.3 Å². The monoisotopic (exact) mass is 476 g/mol. The average molecular weight is 477 g/mol. The minimum absolute atomic E-state index is 0.0864. The molecule has 0 unspecified atom stereocenters. The van der Waals surface area contributed by atoms with Gasteiger partial charge in [0.1, 0.15) is 10.0 Å². The highest BCUT2D eigenvalue weighted by Gasteiger charge is 2.28. The molecule has 12 heteroatoms. The minimum atomic E-state index is -3.63. The maximum absolute atomic E-state index is 13.7. The van der Waals surface area contributed by atoms with Gasteiger partial charge < -0.3 is 14.8 Å². The Hall–Kier alpha value is -2.05. The second-order valence-electron chi connectivity index (χ2n) is 6.25. The second kappa shape index (κ2) is 9.84. The molecule has 0 radical (unpaired) electrons. The topological polar surface area (TPSA) is 102 Å². The number of rotatable bonds is 7. The van der Waals surface area contributed by atoms with Crippen molar-refractivity contribution in [3.05, 3.63) is 46.0 Å². The summed E-state index contributed by atoms with van der Waals surface area (Å²) >= 11 is 6.61. The third-order valence-corrected chi connectivity index (χ3v) is 7.78. The number of carbonyl (C=O) groups excluding carboxylic acids is 2. The minimum Gasteiger partial charge on any atom is -0.455 e. The van der Waals surface area contributed by atoms with Crippen LogP contribution in [0.15, 0.2) is 34.5 Å². The van der Waals surface area contributed by atoms with Crippen LogP contribution < -0.4 is 5.32 Å². The number of nitrogens with one attached hydrogen (secondary N) is 1. The van der Waals surface area contributed by atoms with Gasteiger partial charge in [-0.15, -0.1) is 11.3 Å². The molecule has 3 rings (SSSR count). The zero-order chi connectivity index (χ0) is 21.7. The van der Waals surface area contributed by atoms with Crippen molar-refractivity contribution in [2.24, 2.45) is 0 Å². The quantitative estimate of drug-likeness (QED) is 0.615. The lowest BCUT2D eigenvalue weighted by Crippen LogP contribution is -2.40. The number of ether oxygens (including phenoxy) is 2. The highest BCUT2D eigenvalue weighted by molar-refractivity contribution is 7.91. The molecule has 1 saturated heterocycles. The lowest BCUT2D eigenvalue weighted by molar-refractivity contribution is -0.146. The summed E-state index contributed by atoms with van der Waals surface area (Å²) in [6.45, 7) is 0.630. The molecular formula is C18H18ClFN2O6S2. The number of esters is 1. The normalized spacial score (nSPS) is 15.0. The maximum Gasteiger partial charge on any atom is 0.311 e. The number of amides is 1. The number of hydrogen-bond acceptors (Lipinski definition) is 7. The molecule has 1 aliphatic heterocycles. The standard InChI is InChI=1S/C18H18ClFN2O6S2/c19-12-1-3-15(14(20)9-12)21-16(23)11-28-17(24)10-13-2-4-18(29-13)30(25,26)22-5-7-27-8-6-22/h1-4,9H,5-8,10-11H2,(H,21,23). The number of halogens is 2. The lowest BCUT2D eigenvalue weighted by atomic mass is 10.3. The summed E-state index contributed by atoms with van der Waals surface area (Å²) in [5.74, 6) is -2.14. The highest BCUT2D eigenvalue weighted by atomic mass is 35.5. The fraction of sp³-hybridized carbons (Fsp3) is 0.333. The number of benzene rings is 1. The van der Waals surface area contributed by atoms with Crippen LogP contribution in [0.3, 0.4) is 0 Å². The van der Waals surface area contributed by atoms with E-state index in [4.69, 9.17) is 21.1 Å². The fourth-order valence-corrected chi connectivity index (χ4v) is 5.68. The van der Waals surface area contributed by atoms with Crippen LogP contribution in [-0.2, 0) is 35.5 Å². The third kappa shape index (κ3) is 5.76. The van der Waals surface area contributed by atoms with Crippen LogP contribution in [0.1, 0.15) is 4.88 Å². The fourth-order valence-electron chi connectivity index (χ4n) is 2.62. The van der Waals surface area contributed by atoms with Crippen LogP contribution >= 0.6 is 22.9 Å². The summed E-state index contributed by atoms with van der Waals surface area (Å²) < 4.78 is 50.4. The maximum atomic E-state index is 13.7. The van der Waals surface area contributed by atoms with Crippen molar-refractivity contribution in [1.29, 1.82) is 0 Å². The largest absolute Gasteiger partial charge is 0.455 e. The number of morpholine rings is 1. The first-order chi connectivity index (χ1) is 14.3. The van der Waals surface area contributed by atoms with Gasteiger partial charge in [-0.2, -0.15) is 4.31 Å². The Balaban J connectivity index is 1.51. The number of thiophene rings is 1. The van der Waals surface area contributed by atoms with Crippen LogP contribution in [0.25, 0.3) is 0 Å². The van der Waals surface area contributed by atoms with E-state index in [1.807, 2.05) is 0 Å². The molecule has 1 aromatic carbocycles. The van der Waals surface area contributed by atoms with Gasteiger partial charge in [0.2, 0.25) is 0 Å². The molecule has 30 heavy (non-hydrogen) atoms. The van der Waals surface area contributed by atoms with Crippen LogP contribution in [0.2, 0.25) is 5.02 Å². The van der Waals surface area contributed by atoms with E-state index in [9.17, 15) is 22.4 Å². The van der Waals surface area contributed by atoms with Gasteiger partial charge in [-0.1, -0.05) is 11.6 Å². The van der Waals surface area contributed by atoms with E-state index in [2.05, 4.69) is 5.32 Å². The molecule has 0 spiro atoms. The van der Waals surface area contributed by atoms with Crippen LogP contribution in [-0.4, -0.2) is 57.5 Å². The Labute approximate surface area is 181 Å². The van der Waals surface area contributed by atoms with Gasteiger partial charge in [0.25, 0.3) is 15.9 Å². The van der Waals surface area contributed by atoms with Crippen molar-refractivity contribution in [2.75, 3.05) is 38.2 Å². The van der Waals surface area contributed by atoms with E-state index in [0.29, 0.717) is 18.1 Å². The van der Waals surface area contributed by atoms with E-state index in [1.54, 1.807) is 0 Å². The second-order valence-corrected chi connectivity index (χ2v) is 10.0. The van der Waals surface area contributed by atoms with Crippen LogP contribution in [0.5, 0.6) is 0 Å². The average Bonchev–Trinajstić information content (AvgIpc) is 3.18. The number of carbonyl (C=O) groups is 2. The van der Waals surface area contributed by atoms with Gasteiger partial charge in [0, 0.05) is 23.0 Å². The van der Waals surface area contributed by atoms with E-state index >= 15 is 0 Å². The molecule has 0 atom stereocenters. The van der Waals surface area contributed by atoms with Crippen molar-refractivity contribution in [3.8, 4) is 0 Å². The Morgan fingerprint density at radius 3 is 2.67 bits per heavy atom. The molecule has 0 aliphatic carbocycles. The van der Waals surface area contributed by atoms with Crippen molar-refractivity contribution in [1.82, 2.24) is 4.31 Å². The molecule has 1 N–H and O–H groups in total. The van der Waals surface area contributed by atoms with Crippen molar-refractivity contribution in [3.63, 3.8) is 0 Å². The molecule has 8 nitrogen and oxygen atoms in total. The van der Waals surface area contributed by atoms with E-state index in [1.165, 1.54) is 28.6 Å². The number of anilines is 1. The molecule has 1 fully saturated rings. The molecule has 162 valence electrons. The lowest BCUT2D eigenvalue weighted by Gasteiger charge is -2.25. The van der Waals surface area contributed by atoms with Crippen molar-refractivity contribution >= 4 is 50.5 Å². The number of sulfonamides is 1. The summed E-state index contributed by atoms with van der Waals surface area (Å²) in [6.07, 6.45) is -0.189. The van der Waals surface area contributed by atoms with Crippen LogP contribution in [0, 0.1) is 5.82 Å². The molecule has 1 amide bonds. The highest BCUT2D eigenvalue weighted by Crippen LogP contribution is 2.26. The van der Waals surface area contributed by atoms with Gasteiger partial charge >= 0.3 is 5.97 Å². The Bertz CT molecular complexity index is 1040. The van der Waals surface area contributed by atoms with Gasteiger partial charge in [-0.3, -0.25) is 9.59 Å². The summed E-state index contributed by atoms with van der Waals surface area (Å²) in [5.41, 5.74) is -0.0864. The molecule has 2 heterocycles. The Kier molecular flexibility index (Phi) is 7.42. The first-order valence-corrected chi connectivity index (χ1v) is 11.5. The summed E-state index contributed by atoms with van der Waals surface area (Å²) in [6, 6.07) is 6.71. The van der Waals surface area contributed by atoms with Gasteiger partial charge in [-0.25, -0.2) is 12.8 Å². The zero-order valence-corrected chi connectivity index (χ0v) is 18.0. The van der Waals surface area contributed by atoms with Crippen LogP contribution in [0.4, 0.5) is 10.1 Å². The number of nitrogens with zero attached hydrogens (tertiary/aromatic N) is 1. The molecule has 1 aliphatic rings. The molecule has 0 saturated carbocycles. The summed E-state index contributed by atoms with van der Waals surface area (Å²) in [4.78, 5) is 24.3. The first kappa shape index (κ1) is 22.6. The Morgan fingerprint density at radius 2 is 1.97 bits per heavy atom. The molecule has 2 aromatic rings. The van der Waals surface area contributed by atoms with Gasteiger partial charge in [-0.05, 0) is 30.3 Å². The molecular weight excluding hydrogens is 459 g/mol. The summed E-state index contributed by atoms with van der Waals surface area (Å²) in [7, 11) is -3.63. The molecule has 0 bridgehead atoms. The molecule has 1 aromatic heterocycles. The third-order valence-electron chi connectivity index (χ3n) is 4.09. The zero-order valence-electron chi connectivity index (χ0n) is 15.6. The predicted octanol–water partition coefficient (Wildman–Crippen LogP) is 2.29. The van der Waals surface area contributed by atoms with E-state index in [-0.39, 0.29) is 34.4 Å². The van der Waals surface area contributed by atoms with Gasteiger partial charge in [0.15, 0.2) is 6.61 Å². The first-order valence-electron chi connectivity index (χ1n) is 8.83. The van der Waals surface area contributed by atoms with E-state index in [0.717, 1.165) is 17.4 Å². The summed E-state index contributed by atoms with van der Waals surface area (Å²) in [5, 5.41) is 2.46. The van der Waals surface area contributed by atoms with Gasteiger partial charge in [0.05, 0.1) is 25.3 Å². The smallest absolute Gasteiger partial charge is 0.311 e. The SMILES string of the molecule is O=C(COC(=O)Cc1ccc(S(=O)(=O)N2CCOCC2)s1)Nc1ccc(Cl)cc1F. The van der Waals surface area contributed by atoms with Crippen molar-refractivity contribution < 1.29 is 31.9 Å². The number of hydrogen-bond donors (Lipinski definition) is 1.